The molecule has 0 heterocycles. The van der Waals surface area contributed by atoms with Crippen molar-refractivity contribution >= 4 is 23.6 Å². The Bertz CT molecular complexity index is 593. The summed E-state index contributed by atoms with van der Waals surface area (Å²) in [5, 5.41) is 12.4. The van der Waals surface area contributed by atoms with Crippen LogP contribution in [0.1, 0.15) is 44.1 Å². The molecule has 3 aliphatic carbocycles. The summed E-state index contributed by atoms with van der Waals surface area (Å²) in [5.74, 6) is -0.654. The maximum atomic E-state index is 12.7. The summed E-state index contributed by atoms with van der Waals surface area (Å²) in [7, 11) is 0. The number of hydrogen-bond donors (Lipinski definition) is 2. The molecule has 0 aliphatic heterocycles. The van der Waals surface area contributed by atoms with E-state index in [9.17, 15) is 14.7 Å². The summed E-state index contributed by atoms with van der Waals surface area (Å²) in [5.41, 5.74) is 0.838. The zero-order valence-corrected chi connectivity index (χ0v) is 12.6. The van der Waals surface area contributed by atoms with Crippen LogP contribution in [-0.2, 0) is 9.59 Å². The summed E-state index contributed by atoms with van der Waals surface area (Å²) in [4.78, 5) is 24.1. The number of rotatable bonds is 4. The second-order valence-corrected chi connectivity index (χ2v) is 6.65. The SMILES string of the molecule is C=Cc1ccc(NC(=O)C23CCC(C(=O)O)(CC2)CC3)cc1. The average molecular weight is 299 g/mol. The van der Waals surface area contributed by atoms with Crippen molar-refractivity contribution in [2.45, 2.75) is 38.5 Å². The van der Waals surface area contributed by atoms with E-state index in [1.54, 1.807) is 6.08 Å². The van der Waals surface area contributed by atoms with Gasteiger partial charge in [0.05, 0.1) is 5.41 Å². The van der Waals surface area contributed by atoms with Crippen molar-refractivity contribution in [1.82, 2.24) is 0 Å². The van der Waals surface area contributed by atoms with Gasteiger partial charge in [-0.3, -0.25) is 9.59 Å². The molecule has 0 aromatic heterocycles. The van der Waals surface area contributed by atoms with Crippen LogP contribution < -0.4 is 5.32 Å². The molecule has 0 atom stereocenters. The van der Waals surface area contributed by atoms with Gasteiger partial charge < -0.3 is 10.4 Å². The molecule has 2 N–H and O–H groups in total. The van der Waals surface area contributed by atoms with E-state index in [-0.39, 0.29) is 11.3 Å². The summed E-state index contributed by atoms with van der Waals surface area (Å²) in [6.45, 7) is 3.71. The van der Waals surface area contributed by atoms with Gasteiger partial charge in [0.1, 0.15) is 0 Å². The van der Waals surface area contributed by atoms with Crippen LogP contribution in [0.15, 0.2) is 30.8 Å². The van der Waals surface area contributed by atoms with Gasteiger partial charge in [0.2, 0.25) is 5.91 Å². The zero-order chi connectivity index (χ0) is 15.8. The number of fused-ring (bicyclic) bond motifs is 3. The molecule has 1 aromatic carbocycles. The van der Waals surface area contributed by atoms with E-state index in [0.717, 1.165) is 11.3 Å². The highest BCUT2D eigenvalue weighted by atomic mass is 16.4. The number of carboxylic acids is 1. The van der Waals surface area contributed by atoms with Crippen LogP contribution in [0.2, 0.25) is 0 Å². The molecule has 1 amide bonds. The van der Waals surface area contributed by atoms with Crippen molar-refractivity contribution in [1.29, 1.82) is 0 Å². The molecule has 3 fully saturated rings. The number of hydrogen-bond acceptors (Lipinski definition) is 2. The third kappa shape index (κ3) is 2.32. The first-order valence-electron chi connectivity index (χ1n) is 7.77. The first kappa shape index (κ1) is 14.8. The lowest BCUT2D eigenvalue weighted by Crippen LogP contribution is -2.50. The van der Waals surface area contributed by atoms with Crippen molar-refractivity contribution in [2.24, 2.45) is 10.8 Å². The fourth-order valence-corrected chi connectivity index (χ4v) is 3.81. The highest BCUT2D eigenvalue weighted by Gasteiger charge is 2.55. The first-order chi connectivity index (χ1) is 10.5. The van der Waals surface area contributed by atoms with Crippen molar-refractivity contribution < 1.29 is 14.7 Å². The van der Waals surface area contributed by atoms with Gasteiger partial charge in [0.15, 0.2) is 0 Å². The Kier molecular flexibility index (Phi) is 3.55. The van der Waals surface area contributed by atoms with Crippen LogP contribution in [0.25, 0.3) is 6.08 Å². The normalized spacial score (nSPS) is 29.8. The lowest BCUT2D eigenvalue weighted by molar-refractivity contribution is -0.162. The second kappa shape index (κ2) is 5.27. The van der Waals surface area contributed by atoms with E-state index < -0.39 is 11.4 Å². The molecule has 2 bridgehead atoms. The maximum Gasteiger partial charge on any atom is 0.309 e. The van der Waals surface area contributed by atoms with Crippen molar-refractivity contribution in [3.8, 4) is 0 Å². The van der Waals surface area contributed by atoms with E-state index in [1.165, 1.54) is 0 Å². The third-order valence-corrected chi connectivity index (χ3v) is 5.59. The minimum atomic E-state index is -0.693. The van der Waals surface area contributed by atoms with E-state index in [4.69, 9.17) is 0 Å². The minimum absolute atomic E-state index is 0.0394. The molecular formula is C18H21NO3. The molecule has 0 saturated heterocycles. The zero-order valence-electron chi connectivity index (χ0n) is 12.6. The first-order valence-corrected chi connectivity index (χ1v) is 7.77. The van der Waals surface area contributed by atoms with Gasteiger partial charge in [0.25, 0.3) is 0 Å². The number of nitrogens with one attached hydrogen (secondary N) is 1. The lowest BCUT2D eigenvalue weighted by Gasteiger charge is -2.50. The van der Waals surface area contributed by atoms with Gasteiger partial charge in [-0.05, 0) is 56.2 Å². The minimum Gasteiger partial charge on any atom is -0.481 e. The van der Waals surface area contributed by atoms with Gasteiger partial charge in [0, 0.05) is 11.1 Å². The Labute approximate surface area is 130 Å². The van der Waals surface area contributed by atoms with Crippen LogP contribution >= 0.6 is 0 Å². The fourth-order valence-electron chi connectivity index (χ4n) is 3.81. The number of benzene rings is 1. The van der Waals surface area contributed by atoms with Crippen molar-refractivity contribution in [3.05, 3.63) is 36.4 Å². The molecular weight excluding hydrogens is 278 g/mol. The fraction of sp³-hybridized carbons (Fsp3) is 0.444. The number of aliphatic carboxylic acids is 1. The Morgan fingerprint density at radius 1 is 1.00 bits per heavy atom. The highest BCUT2D eigenvalue weighted by Crippen LogP contribution is 2.57. The molecule has 3 saturated carbocycles. The second-order valence-electron chi connectivity index (χ2n) is 6.65. The summed E-state index contributed by atoms with van der Waals surface area (Å²) in [6.07, 6.45) is 5.64. The number of carboxylic acid groups (broad SMARTS) is 1. The Hall–Kier alpha value is -2.10. The van der Waals surface area contributed by atoms with E-state index in [1.807, 2.05) is 24.3 Å². The maximum absolute atomic E-state index is 12.7. The van der Waals surface area contributed by atoms with Crippen LogP contribution in [-0.4, -0.2) is 17.0 Å². The molecule has 4 heteroatoms. The van der Waals surface area contributed by atoms with Crippen LogP contribution in [0.5, 0.6) is 0 Å². The molecule has 4 nitrogen and oxygen atoms in total. The summed E-state index contributed by atoms with van der Waals surface area (Å²) < 4.78 is 0. The number of carbonyl (C=O) groups excluding carboxylic acids is 1. The topological polar surface area (TPSA) is 66.4 Å². The van der Waals surface area contributed by atoms with Crippen molar-refractivity contribution in [3.63, 3.8) is 0 Å². The number of anilines is 1. The quantitative estimate of drug-likeness (QED) is 0.891. The summed E-state index contributed by atoms with van der Waals surface area (Å²) in [6, 6.07) is 7.58. The van der Waals surface area contributed by atoms with Gasteiger partial charge in [-0.1, -0.05) is 24.8 Å². The number of carbonyl (C=O) groups is 2. The largest absolute Gasteiger partial charge is 0.481 e. The van der Waals surface area contributed by atoms with Crippen LogP contribution in [0.4, 0.5) is 5.69 Å². The third-order valence-electron chi connectivity index (χ3n) is 5.59. The van der Waals surface area contributed by atoms with Crippen LogP contribution in [0, 0.1) is 10.8 Å². The molecule has 0 unspecified atom stereocenters. The molecule has 0 radical (unpaired) electrons. The van der Waals surface area contributed by atoms with Gasteiger partial charge >= 0.3 is 5.97 Å². The van der Waals surface area contributed by atoms with Gasteiger partial charge in [-0.15, -0.1) is 0 Å². The van der Waals surface area contributed by atoms with Gasteiger partial charge in [-0.2, -0.15) is 0 Å². The summed E-state index contributed by atoms with van der Waals surface area (Å²) >= 11 is 0. The van der Waals surface area contributed by atoms with E-state index in [0.29, 0.717) is 38.5 Å². The van der Waals surface area contributed by atoms with Crippen molar-refractivity contribution in [2.75, 3.05) is 5.32 Å². The smallest absolute Gasteiger partial charge is 0.309 e. The van der Waals surface area contributed by atoms with Gasteiger partial charge in [-0.25, -0.2) is 0 Å². The molecule has 116 valence electrons. The monoisotopic (exact) mass is 299 g/mol. The Balaban J connectivity index is 1.71. The van der Waals surface area contributed by atoms with E-state index in [2.05, 4.69) is 11.9 Å². The Morgan fingerprint density at radius 2 is 1.50 bits per heavy atom. The predicted molar refractivity (Wildman–Crippen MR) is 85.4 cm³/mol. The lowest BCUT2D eigenvalue weighted by atomic mass is 9.53. The number of amides is 1. The average Bonchev–Trinajstić information content (AvgIpc) is 2.57. The molecule has 0 spiro atoms. The molecule has 1 aromatic rings. The van der Waals surface area contributed by atoms with Crippen LogP contribution in [0.3, 0.4) is 0 Å². The molecule has 4 rings (SSSR count). The predicted octanol–water partition coefficient (Wildman–Crippen LogP) is 3.69. The molecule has 22 heavy (non-hydrogen) atoms. The molecule has 3 aliphatic rings. The standard InChI is InChI=1S/C18H21NO3/c1-2-13-3-5-14(6-4-13)19-15(20)17-7-10-18(11-8-17,12-9-17)16(21)22/h2-6H,1,7-12H2,(H,19,20)(H,21,22). The highest BCUT2D eigenvalue weighted by molar-refractivity contribution is 5.96. The van der Waals surface area contributed by atoms with E-state index >= 15 is 0 Å². The Morgan fingerprint density at radius 3 is 1.95 bits per heavy atom.